The van der Waals surface area contributed by atoms with E-state index in [1.807, 2.05) is 44.2 Å². The number of aromatic nitrogens is 1. The maximum absolute atomic E-state index is 13.0. The number of carbonyl (C=O) groups excluding carboxylic acids is 3. The molecular formula is C30H34N2O7. The van der Waals surface area contributed by atoms with Gasteiger partial charge in [-0.05, 0) is 38.3 Å². The number of hydrogen-bond acceptors (Lipinski definition) is 8. The van der Waals surface area contributed by atoms with Gasteiger partial charge in [0.2, 0.25) is 6.79 Å². The lowest BCUT2D eigenvalue weighted by Crippen LogP contribution is -2.41. The summed E-state index contributed by atoms with van der Waals surface area (Å²) in [5, 5.41) is 2.61. The number of rotatable bonds is 12. The van der Waals surface area contributed by atoms with Crippen LogP contribution in [0.3, 0.4) is 0 Å². The van der Waals surface area contributed by atoms with Gasteiger partial charge in [0.05, 0.1) is 7.11 Å². The monoisotopic (exact) mass is 534 g/mol. The molecule has 1 amide bonds. The normalized spacial score (nSPS) is 12.9. The predicted molar refractivity (Wildman–Crippen MR) is 145 cm³/mol. The van der Waals surface area contributed by atoms with E-state index >= 15 is 0 Å². The minimum absolute atomic E-state index is 0.0186. The van der Waals surface area contributed by atoms with E-state index in [4.69, 9.17) is 18.9 Å². The second-order valence-corrected chi connectivity index (χ2v) is 9.13. The molecule has 3 rings (SSSR count). The van der Waals surface area contributed by atoms with Gasteiger partial charge in [-0.1, -0.05) is 60.2 Å². The van der Waals surface area contributed by atoms with Crippen LogP contribution in [0.1, 0.15) is 53.9 Å². The zero-order chi connectivity index (χ0) is 28.4. The zero-order valence-corrected chi connectivity index (χ0v) is 22.8. The highest BCUT2D eigenvalue weighted by Gasteiger charge is 2.28. The number of hydrogen-bond donors (Lipinski definition) is 1. The number of pyridine rings is 1. The van der Waals surface area contributed by atoms with Crippen molar-refractivity contribution in [1.29, 1.82) is 0 Å². The van der Waals surface area contributed by atoms with Gasteiger partial charge in [-0.15, -0.1) is 0 Å². The van der Waals surface area contributed by atoms with Gasteiger partial charge in [-0.25, -0.2) is 9.78 Å². The minimum Gasteiger partial charge on any atom is -0.493 e. The zero-order valence-electron chi connectivity index (χ0n) is 22.8. The number of esters is 2. The van der Waals surface area contributed by atoms with Gasteiger partial charge in [-0.2, -0.15) is 0 Å². The van der Waals surface area contributed by atoms with E-state index < -0.39 is 36.8 Å². The lowest BCUT2D eigenvalue weighted by molar-refractivity contribution is -0.151. The van der Waals surface area contributed by atoms with Crippen molar-refractivity contribution in [2.75, 3.05) is 13.9 Å². The minimum atomic E-state index is -0.981. The summed E-state index contributed by atoms with van der Waals surface area (Å²) in [6.07, 6.45) is 1.57. The molecule has 0 bridgehead atoms. The van der Waals surface area contributed by atoms with Crippen molar-refractivity contribution in [1.82, 2.24) is 10.3 Å². The maximum atomic E-state index is 13.0. The van der Waals surface area contributed by atoms with Crippen LogP contribution in [0.15, 0.2) is 66.9 Å². The van der Waals surface area contributed by atoms with Crippen molar-refractivity contribution in [3.05, 3.63) is 89.2 Å². The van der Waals surface area contributed by atoms with Crippen LogP contribution in [0, 0.1) is 6.92 Å². The first-order chi connectivity index (χ1) is 18.7. The van der Waals surface area contributed by atoms with Crippen molar-refractivity contribution in [2.45, 2.75) is 52.2 Å². The van der Waals surface area contributed by atoms with Crippen LogP contribution in [0.2, 0.25) is 0 Å². The third kappa shape index (κ3) is 8.29. The van der Waals surface area contributed by atoms with Crippen LogP contribution in [0.25, 0.3) is 0 Å². The molecule has 0 radical (unpaired) electrons. The molecule has 0 saturated carbocycles. The number of amides is 1. The summed E-state index contributed by atoms with van der Waals surface area (Å²) < 4.78 is 21.3. The number of nitrogens with zero attached hydrogens (tertiary/aromatic N) is 1. The van der Waals surface area contributed by atoms with Crippen LogP contribution >= 0.6 is 0 Å². The molecule has 9 heteroatoms. The number of benzene rings is 2. The summed E-state index contributed by atoms with van der Waals surface area (Å²) >= 11 is 0. The quantitative estimate of drug-likeness (QED) is 0.269. The Kier molecular flexibility index (Phi) is 10.4. The average molecular weight is 535 g/mol. The number of nitrogens with one attached hydrogen (secondary N) is 1. The lowest BCUT2D eigenvalue weighted by atomic mass is 9.87. The SMILES string of the molecule is COc1ccnc(C(=O)N[C@@H](C)C(=O)O[C@@H](C)[C@H](Cc2ccc(C)cc2)c2ccccc2)c1OCOC(C)=O. The Labute approximate surface area is 228 Å². The Morgan fingerprint density at radius 3 is 2.31 bits per heavy atom. The molecule has 0 fully saturated rings. The molecule has 0 unspecified atom stereocenters. The highest BCUT2D eigenvalue weighted by Crippen LogP contribution is 2.30. The lowest BCUT2D eigenvalue weighted by Gasteiger charge is -2.26. The fourth-order valence-corrected chi connectivity index (χ4v) is 3.99. The van der Waals surface area contributed by atoms with Crippen molar-refractivity contribution in [2.24, 2.45) is 0 Å². The van der Waals surface area contributed by atoms with Gasteiger partial charge in [0.25, 0.3) is 5.91 Å². The fraction of sp³-hybridized carbons (Fsp3) is 0.333. The van der Waals surface area contributed by atoms with E-state index in [1.165, 1.54) is 38.8 Å². The largest absolute Gasteiger partial charge is 0.493 e. The summed E-state index contributed by atoms with van der Waals surface area (Å²) in [5.74, 6) is -1.72. The molecule has 9 nitrogen and oxygen atoms in total. The Balaban J connectivity index is 1.71. The summed E-state index contributed by atoms with van der Waals surface area (Å²) in [5.41, 5.74) is 3.22. The number of carbonyl (C=O) groups is 3. The Bertz CT molecular complexity index is 1260. The topological polar surface area (TPSA) is 113 Å². The molecule has 1 heterocycles. The molecule has 206 valence electrons. The summed E-state index contributed by atoms with van der Waals surface area (Å²) in [6.45, 7) is 6.21. The van der Waals surface area contributed by atoms with Gasteiger partial charge in [0.15, 0.2) is 17.2 Å². The molecule has 0 spiro atoms. The van der Waals surface area contributed by atoms with Gasteiger partial charge >= 0.3 is 11.9 Å². The van der Waals surface area contributed by atoms with Gasteiger partial charge in [0, 0.05) is 25.1 Å². The predicted octanol–water partition coefficient (Wildman–Crippen LogP) is 4.37. The fourth-order valence-electron chi connectivity index (χ4n) is 3.99. The maximum Gasteiger partial charge on any atom is 0.328 e. The second-order valence-electron chi connectivity index (χ2n) is 9.13. The van der Waals surface area contributed by atoms with Crippen molar-refractivity contribution in [3.63, 3.8) is 0 Å². The van der Waals surface area contributed by atoms with Crippen LogP contribution in [0.5, 0.6) is 11.5 Å². The average Bonchev–Trinajstić information content (AvgIpc) is 2.92. The third-order valence-electron chi connectivity index (χ3n) is 6.14. The molecule has 0 aliphatic rings. The van der Waals surface area contributed by atoms with Crippen molar-refractivity contribution >= 4 is 17.8 Å². The van der Waals surface area contributed by atoms with Crippen LogP contribution in [-0.2, 0) is 25.5 Å². The van der Waals surface area contributed by atoms with Crippen molar-refractivity contribution in [3.8, 4) is 11.5 Å². The number of ether oxygens (including phenoxy) is 4. The second kappa shape index (κ2) is 13.9. The van der Waals surface area contributed by atoms with E-state index in [0.717, 1.165) is 11.1 Å². The van der Waals surface area contributed by atoms with E-state index in [0.29, 0.717) is 6.42 Å². The molecule has 0 aliphatic carbocycles. The van der Waals surface area contributed by atoms with E-state index in [1.54, 1.807) is 0 Å². The molecular weight excluding hydrogens is 500 g/mol. The highest BCUT2D eigenvalue weighted by molar-refractivity contribution is 5.98. The molecule has 1 aromatic heterocycles. The van der Waals surface area contributed by atoms with Crippen molar-refractivity contribution < 1.29 is 33.3 Å². The molecule has 3 atom stereocenters. The molecule has 1 N–H and O–H groups in total. The Hall–Kier alpha value is -4.40. The highest BCUT2D eigenvalue weighted by atomic mass is 16.7. The first-order valence-corrected chi connectivity index (χ1v) is 12.6. The summed E-state index contributed by atoms with van der Waals surface area (Å²) in [4.78, 5) is 41.2. The smallest absolute Gasteiger partial charge is 0.328 e. The molecule has 3 aromatic rings. The van der Waals surface area contributed by atoms with Crippen LogP contribution < -0.4 is 14.8 Å². The Morgan fingerprint density at radius 1 is 0.974 bits per heavy atom. The molecule has 2 aromatic carbocycles. The number of methoxy groups -OCH3 is 1. The third-order valence-corrected chi connectivity index (χ3v) is 6.14. The summed E-state index contributed by atoms with van der Waals surface area (Å²) in [6, 6.07) is 18.7. The standard InChI is InChI=1S/C30H34N2O7/c1-19-11-13-23(14-12-19)17-25(24-9-7-6-8-10-24)21(3)39-30(35)20(2)32-29(34)27-28(38-18-37-22(4)33)26(36-5)15-16-31-27/h6-16,20-21,25H,17-18H2,1-5H3,(H,32,34)/t20-,21-,25-/m0/s1. The summed E-state index contributed by atoms with van der Waals surface area (Å²) in [7, 11) is 1.40. The van der Waals surface area contributed by atoms with E-state index in [9.17, 15) is 14.4 Å². The van der Waals surface area contributed by atoms with Gasteiger partial charge in [0.1, 0.15) is 12.1 Å². The van der Waals surface area contributed by atoms with Crippen LogP contribution in [0.4, 0.5) is 0 Å². The molecule has 0 aliphatic heterocycles. The number of aryl methyl sites for hydroxylation is 1. The molecule has 39 heavy (non-hydrogen) atoms. The van der Waals surface area contributed by atoms with Gasteiger partial charge < -0.3 is 24.3 Å². The molecule has 0 saturated heterocycles. The van der Waals surface area contributed by atoms with E-state index in [2.05, 4.69) is 34.6 Å². The van der Waals surface area contributed by atoms with Crippen LogP contribution in [-0.4, -0.2) is 48.9 Å². The first-order valence-electron chi connectivity index (χ1n) is 12.6. The Morgan fingerprint density at radius 2 is 1.67 bits per heavy atom. The van der Waals surface area contributed by atoms with E-state index in [-0.39, 0.29) is 23.1 Å². The van der Waals surface area contributed by atoms with Gasteiger partial charge in [-0.3, -0.25) is 9.59 Å². The first kappa shape index (κ1) is 29.2.